The first-order valence-electron chi connectivity index (χ1n) is 11.5. The number of fused-ring (bicyclic) bond motifs is 3. The maximum Gasteiger partial charge on any atom is 0.341 e. The minimum absolute atomic E-state index is 0.0824. The topological polar surface area (TPSA) is 47.8 Å². The number of ketones is 1. The van der Waals surface area contributed by atoms with Crippen LogP contribution in [0.4, 0.5) is 0 Å². The maximum absolute atomic E-state index is 13.7. The highest BCUT2D eigenvalue weighted by Gasteiger charge is 2.29. The van der Waals surface area contributed by atoms with Crippen molar-refractivity contribution in [1.29, 1.82) is 0 Å². The third-order valence-electron chi connectivity index (χ3n) is 5.92. The Bertz CT molecular complexity index is 1550. The molecule has 3 heterocycles. The lowest BCUT2D eigenvalue weighted by Crippen LogP contribution is -2.06. The van der Waals surface area contributed by atoms with Crippen molar-refractivity contribution in [1.82, 2.24) is 4.40 Å². The fraction of sp³-hybridized carbons (Fsp3) is 0.172. The minimum Gasteiger partial charge on any atom is -0.462 e. The number of hydrogen-bond donors (Lipinski definition) is 0. The molecule has 0 aliphatic heterocycles. The number of pyridine rings is 1. The summed E-state index contributed by atoms with van der Waals surface area (Å²) in [4.78, 5) is 27.5. The molecule has 35 heavy (non-hydrogen) atoms. The number of rotatable bonds is 7. The molecule has 5 aromatic rings. The molecule has 0 N–H and O–H groups in total. The van der Waals surface area contributed by atoms with Crippen LogP contribution in [0.5, 0.6) is 0 Å². The summed E-state index contributed by atoms with van der Waals surface area (Å²) in [6, 6.07) is 21.7. The highest BCUT2D eigenvalue weighted by atomic mass is 32.2. The average Bonchev–Trinajstić information content (AvgIpc) is 3.39. The standard InChI is InChI=1S/C29H25NO3S2/c1-4-33-28(32)23-22-16-19(3)14-15-30(22)25-24(23)27(26(31)21-8-6-5-7-9-21)35-29(25)34-17-20-12-10-18(2)11-13-20/h5-16H,4,17H2,1-3H3. The average molecular weight is 500 g/mol. The maximum atomic E-state index is 13.7. The molecule has 3 aromatic heterocycles. The Balaban J connectivity index is 1.74. The van der Waals surface area contributed by atoms with Crippen LogP contribution in [0, 0.1) is 13.8 Å². The minimum atomic E-state index is -0.402. The van der Waals surface area contributed by atoms with Crippen molar-refractivity contribution in [2.75, 3.05) is 6.61 Å². The Morgan fingerprint density at radius 3 is 2.43 bits per heavy atom. The zero-order chi connectivity index (χ0) is 24.5. The van der Waals surface area contributed by atoms with Crippen molar-refractivity contribution in [3.63, 3.8) is 0 Å². The summed E-state index contributed by atoms with van der Waals surface area (Å²) in [6.45, 7) is 6.14. The molecule has 0 saturated carbocycles. The first-order chi connectivity index (χ1) is 17.0. The van der Waals surface area contributed by atoms with E-state index < -0.39 is 5.97 Å². The van der Waals surface area contributed by atoms with Crippen molar-refractivity contribution < 1.29 is 14.3 Å². The molecule has 5 rings (SSSR count). The van der Waals surface area contributed by atoms with E-state index in [-0.39, 0.29) is 12.4 Å². The Hall–Kier alpha value is -3.35. The third kappa shape index (κ3) is 4.40. The first kappa shape index (κ1) is 23.4. The van der Waals surface area contributed by atoms with E-state index in [0.29, 0.717) is 21.4 Å². The number of thioether (sulfide) groups is 1. The highest BCUT2D eigenvalue weighted by Crippen LogP contribution is 2.44. The molecular weight excluding hydrogens is 474 g/mol. The zero-order valence-corrected chi connectivity index (χ0v) is 21.5. The molecule has 6 heteroatoms. The van der Waals surface area contributed by atoms with Crippen LogP contribution in [0.2, 0.25) is 0 Å². The van der Waals surface area contributed by atoms with Gasteiger partial charge in [-0.2, -0.15) is 0 Å². The number of esters is 1. The first-order valence-corrected chi connectivity index (χ1v) is 13.3. The van der Waals surface area contributed by atoms with E-state index >= 15 is 0 Å². The number of carbonyl (C=O) groups excluding carboxylic acids is 2. The normalized spacial score (nSPS) is 11.3. The molecule has 0 spiro atoms. The van der Waals surface area contributed by atoms with Gasteiger partial charge in [-0.3, -0.25) is 4.79 Å². The molecule has 4 nitrogen and oxygen atoms in total. The quantitative estimate of drug-likeness (QED) is 0.132. The predicted octanol–water partition coefficient (Wildman–Crippen LogP) is 7.47. The molecule has 2 aromatic carbocycles. The van der Waals surface area contributed by atoms with Crippen molar-refractivity contribution in [3.05, 3.63) is 106 Å². The smallest absolute Gasteiger partial charge is 0.341 e. The summed E-state index contributed by atoms with van der Waals surface area (Å²) < 4.78 is 8.51. The molecule has 0 aliphatic carbocycles. The Labute approximate surface area is 212 Å². The van der Waals surface area contributed by atoms with Gasteiger partial charge in [0.1, 0.15) is 0 Å². The Morgan fingerprint density at radius 1 is 0.971 bits per heavy atom. The number of aryl methyl sites for hydroxylation is 2. The number of ether oxygens (including phenoxy) is 1. The van der Waals surface area contributed by atoms with Gasteiger partial charge in [-0.25, -0.2) is 4.79 Å². The molecule has 0 radical (unpaired) electrons. The van der Waals surface area contributed by atoms with Gasteiger partial charge in [-0.15, -0.1) is 23.1 Å². The summed E-state index contributed by atoms with van der Waals surface area (Å²) in [7, 11) is 0. The van der Waals surface area contributed by atoms with Gasteiger partial charge >= 0.3 is 5.97 Å². The molecule has 0 atom stereocenters. The summed E-state index contributed by atoms with van der Waals surface area (Å²) >= 11 is 3.15. The van der Waals surface area contributed by atoms with Gasteiger partial charge in [-0.1, -0.05) is 60.2 Å². The second-order valence-electron chi connectivity index (χ2n) is 8.47. The number of hydrogen-bond acceptors (Lipinski definition) is 5. The Morgan fingerprint density at radius 2 is 1.71 bits per heavy atom. The van der Waals surface area contributed by atoms with Crippen molar-refractivity contribution in [3.8, 4) is 0 Å². The second kappa shape index (κ2) is 9.72. The molecule has 0 bridgehead atoms. The van der Waals surface area contributed by atoms with Crippen LogP contribution in [-0.4, -0.2) is 22.8 Å². The molecule has 176 valence electrons. The molecule has 0 amide bonds. The van der Waals surface area contributed by atoms with Crippen molar-refractivity contribution in [2.24, 2.45) is 0 Å². The van der Waals surface area contributed by atoms with E-state index in [1.165, 1.54) is 22.5 Å². The Kier molecular flexibility index (Phi) is 6.50. The van der Waals surface area contributed by atoms with Gasteiger partial charge in [0.2, 0.25) is 5.78 Å². The number of nitrogens with zero attached hydrogens (tertiary/aromatic N) is 1. The molecule has 0 aliphatic rings. The van der Waals surface area contributed by atoms with E-state index in [0.717, 1.165) is 26.6 Å². The largest absolute Gasteiger partial charge is 0.462 e. The van der Waals surface area contributed by atoms with Crippen LogP contribution in [-0.2, 0) is 10.5 Å². The van der Waals surface area contributed by atoms with Crippen LogP contribution in [0.25, 0.3) is 16.4 Å². The SMILES string of the molecule is CCOC(=O)c1c2c(C(=O)c3ccccc3)sc(SCc3ccc(C)cc3)c2n2ccc(C)cc12. The molecular formula is C29H25NO3S2. The lowest BCUT2D eigenvalue weighted by molar-refractivity contribution is 0.0531. The van der Waals surface area contributed by atoms with Crippen LogP contribution in [0.15, 0.2) is 77.1 Å². The van der Waals surface area contributed by atoms with E-state index in [2.05, 4.69) is 31.2 Å². The van der Waals surface area contributed by atoms with E-state index in [1.807, 2.05) is 60.0 Å². The van der Waals surface area contributed by atoms with Crippen LogP contribution in [0.3, 0.4) is 0 Å². The predicted molar refractivity (Wildman–Crippen MR) is 144 cm³/mol. The van der Waals surface area contributed by atoms with Crippen LogP contribution >= 0.6 is 23.1 Å². The number of benzene rings is 2. The van der Waals surface area contributed by atoms with Gasteiger partial charge in [0.05, 0.1) is 32.3 Å². The van der Waals surface area contributed by atoms with Crippen molar-refractivity contribution in [2.45, 2.75) is 30.7 Å². The van der Waals surface area contributed by atoms with E-state index in [4.69, 9.17) is 4.74 Å². The van der Waals surface area contributed by atoms with Gasteiger partial charge in [-0.05, 0) is 44.0 Å². The summed E-state index contributed by atoms with van der Waals surface area (Å²) in [6.07, 6.45) is 1.98. The zero-order valence-electron chi connectivity index (χ0n) is 19.8. The lowest BCUT2D eigenvalue weighted by atomic mass is 10.1. The van der Waals surface area contributed by atoms with E-state index in [1.54, 1.807) is 18.7 Å². The third-order valence-corrected chi connectivity index (χ3v) is 8.43. The number of thiophene rings is 1. The van der Waals surface area contributed by atoms with Crippen LogP contribution in [0.1, 0.15) is 49.2 Å². The summed E-state index contributed by atoms with van der Waals surface area (Å²) in [5.74, 6) is 0.282. The molecule has 0 saturated heterocycles. The van der Waals surface area contributed by atoms with Gasteiger partial charge in [0.15, 0.2) is 0 Å². The lowest BCUT2D eigenvalue weighted by Gasteiger charge is -2.05. The summed E-state index contributed by atoms with van der Waals surface area (Å²) in [5.41, 5.74) is 6.19. The second-order valence-corrected chi connectivity index (χ2v) is 10.7. The van der Waals surface area contributed by atoms with Crippen LogP contribution < -0.4 is 0 Å². The molecule has 0 unspecified atom stereocenters. The van der Waals surface area contributed by atoms with Gasteiger partial charge < -0.3 is 9.14 Å². The fourth-order valence-corrected chi connectivity index (χ4v) is 6.68. The van der Waals surface area contributed by atoms with E-state index in [9.17, 15) is 9.59 Å². The molecule has 0 fully saturated rings. The highest BCUT2D eigenvalue weighted by molar-refractivity contribution is 8.00. The monoisotopic (exact) mass is 499 g/mol. The number of aromatic nitrogens is 1. The van der Waals surface area contributed by atoms with Gasteiger partial charge in [0, 0.05) is 22.9 Å². The fourth-order valence-electron chi connectivity index (χ4n) is 4.20. The van der Waals surface area contributed by atoms with Crippen molar-refractivity contribution >= 4 is 51.3 Å². The number of carbonyl (C=O) groups is 2. The van der Waals surface area contributed by atoms with Gasteiger partial charge in [0.25, 0.3) is 0 Å². The summed E-state index contributed by atoms with van der Waals surface area (Å²) in [5, 5.41) is 0.680.